The number of ether oxygens (including phenoxy) is 1. The highest BCUT2D eigenvalue weighted by Gasteiger charge is 2.29. The molecule has 1 fully saturated rings. The van der Waals surface area contributed by atoms with Crippen molar-refractivity contribution < 1.29 is 9.53 Å². The van der Waals surface area contributed by atoms with Gasteiger partial charge in [0.2, 0.25) is 5.91 Å². The van der Waals surface area contributed by atoms with E-state index < -0.39 is 0 Å². The fraction of sp³-hybridized carbons (Fsp3) is 0.227. The second-order valence-electron chi connectivity index (χ2n) is 6.48. The minimum absolute atomic E-state index is 0.00514. The first-order valence-corrected chi connectivity index (χ1v) is 8.98. The van der Waals surface area contributed by atoms with E-state index in [9.17, 15) is 4.79 Å². The fourth-order valence-electron chi connectivity index (χ4n) is 3.53. The van der Waals surface area contributed by atoms with Crippen molar-refractivity contribution in [3.63, 3.8) is 0 Å². The first-order valence-electron chi connectivity index (χ1n) is 8.98. The molecule has 3 aromatic carbocycles. The van der Waals surface area contributed by atoms with E-state index in [1.165, 1.54) is 0 Å². The largest absolute Gasteiger partial charge is 0.379 e. The standard InChI is InChI=1S/C22H22N2O2/c25-22(23-20-12-6-10-17-7-4-5-11-19(17)20)21(18-8-2-1-3-9-18)24-13-15-26-16-14-24/h1-12,21H,13-16H2,(H,23,25)/t21-/m1/s1. The predicted molar refractivity (Wildman–Crippen MR) is 104 cm³/mol. The summed E-state index contributed by atoms with van der Waals surface area (Å²) in [5.74, 6) is -0.00514. The molecule has 0 unspecified atom stereocenters. The number of anilines is 1. The first-order chi connectivity index (χ1) is 12.8. The highest BCUT2D eigenvalue weighted by atomic mass is 16.5. The summed E-state index contributed by atoms with van der Waals surface area (Å²) in [4.78, 5) is 15.5. The van der Waals surface area contributed by atoms with E-state index in [4.69, 9.17) is 4.74 Å². The number of rotatable bonds is 4. The molecular weight excluding hydrogens is 324 g/mol. The van der Waals surface area contributed by atoms with Gasteiger partial charge in [-0.1, -0.05) is 66.7 Å². The van der Waals surface area contributed by atoms with Crippen molar-refractivity contribution >= 4 is 22.4 Å². The van der Waals surface area contributed by atoms with E-state index in [2.05, 4.69) is 22.3 Å². The molecule has 0 saturated carbocycles. The van der Waals surface area contributed by atoms with Gasteiger partial charge in [0.05, 0.1) is 13.2 Å². The van der Waals surface area contributed by atoms with Crippen molar-refractivity contribution in [3.8, 4) is 0 Å². The number of hydrogen-bond donors (Lipinski definition) is 1. The van der Waals surface area contributed by atoms with E-state index in [0.717, 1.165) is 35.1 Å². The Labute approximate surface area is 153 Å². The maximum absolute atomic E-state index is 13.3. The summed E-state index contributed by atoms with van der Waals surface area (Å²) in [7, 11) is 0. The van der Waals surface area contributed by atoms with Crippen LogP contribution in [0, 0.1) is 0 Å². The number of benzene rings is 3. The van der Waals surface area contributed by atoms with Crippen molar-refractivity contribution in [1.29, 1.82) is 0 Å². The number of morpholine rings is 1. The summed E-state index contributed by atoms with van der Waals surface area (Å²) in [6, 6.07) is 23.7. The van der Waals surface area contributed by atoms with Gasteiger partial charge in [-0.05, 0) is 17.0 Å². The zero-order valence-electron chi connectivity index (χ0n) is 14.6. The summed E-state index contributed by atoms with van der Waals surface area (Å²) in [6.07, 6.45) is 0. The van der Waals surface area contributed by atoms with Crippen molar-refractivity contribution in [3.05, 3.63) is 78.4 Å². The first kappa shape index (κ1) is 16.8. The van der Waals surface area contributed by atoms with Crippen molar-refractivity contribution in [1.82, 2.24) is 4.90 Å². The van der Waals surface area contributed by atoms with Crippen LogP contribution in [0.1, 0.15) is 11.6 Å². The molecule has 0 radical (unpaired) electrons. The van der Waals surface area contributed by atoms with Crippen LogP contribution in [0.15, 0.2) is 72.8 Å². The third kappa shape index (κ3) is 3.47. The molecule has 3 aromatic rings. The lowest BCUT2D eigenvalue weighted by atomic mass is 10.0. The van der Waals surface area contributed by atoms with Crippen LogP contribution in [0.5, 0.6) is 0 Å². The second kappa shape index (κ2) is 7.68. The van der Waals surface area contributed by atoms with Gasteiger partial charge in [-0.15, -0.1) is 0 Å². The normalized spacial score (nSPS) is 16.3. The van der Waals surface area contributed by atoms with Crippen LogP contribution in [0.2, 0.25) is 0 Å². The SMILES string of the molecule is O=C(Nc1cccc2ccccc12)[C@@H](c1ccccc1)N1CCOCC1. The maximum Gasteiger partial charge on any atom is 0.246 e. The van der Waals surface area contributed by atoms with Crippen LogP contribution in [-0.4, -0.2) is 37.1 Å². The number of carbonyl (C=O) groups excluding carboxylic acids is 1. The molecule has 1 N–H and O–H groups in total. The Balaban J connectivity index is 1.65. The molecule has 1 amide bonds. The molecule has 0 spiro atoms. The number of hydrogen-bond acceptors (Lipinski definition) is 3. The van der Waals surface area contributed by atoms with Crippen LogP contribution in [0.4, 0.5) is 5.69 Å². The zero-order valence-corrected chi connectivity index (χ0v) is 14.6. The molecular formula is C22H22N2O2. The Kier molecular flexibility index (Phi) is 4.95. The zero-order chi connectivity index (χ0) is 17.8. The molecule has 1 aliphatic rings. The molecule has 1 heterocycles. The van der Waals surface area contributed by atoms with Gasteiger partial charge < -0.3 is 10.1 Å². The van der Waals surface area contributed by atoms with E-state index in [1.54, 1.807) is 0 Å². The van der Waals surface area contributed by atoms with Gasteiger partial charge in [0.15, 0.2) is 0 Å². The van der Waals surface area contributed by atoms with Gasteiger partial charge in [-0.2, -0.15) is 0 Å². The maximum atomic E-state index is 13.3. The van der Waals surface area contributed by atoms with E-state index >= 15 is 0 Å². The lowest BCUT2D eigenvalue weighted by Gasteiger charge is -2.33. The Morgan fingerprint density at radius 1 is 0.885 bits per heavy atom. The van der Waals surface area contributed by atoms with Crippen molar-refractivity contribution in [2.24, 2.45) is 0 Å². The average molecular weight is 346 g/mol. The molecule has 1 saturated heterocycles. The molecule has 0 bridgehead atoms. The molecule has 4 nitrogen and oxygen atoms in total. The van der Waals surface area contributed by atoms with Gasteiger partial charge in [0.25, 0.3) is 0 Å². The summed E-state index contributed by atoms with van der Waals surface area (Å²) < 4.78 is 5.47. The second-order valence-corrected chi connectivity index (χ2v) is 6.48. The smallest absolute Gasteiger partial charge is 0.246 e. The third-order valence-corrected chi connectivity index (χ3v) is 4.82. The van der Waals surface area contributed by atoms with E-state index in [-0.39, 0.29) is 11.9 Å². The Morgan fingerprint density at radius 2 is 1.58 bits per heavy atom. The van der Waals surface area contributed by atoms with Crippen LogP contribution >= 0.6 is 0 Å². The van der Waals surface area contributed by atoms with Crippen LogP contribution in [0.3, 0.4) is 0 Å². The highest BCUT2D eigenvalue weighted by molar-refractivity contribution is 6.04. The molecule has 0 aliphatic carbocycles. The highest BCUT2D eigenvalue weighted by Crippen LogP contribution is 2.27. The quantitative estimate of drug-likeness (QED) is 0.780. The summed E-state index contributed by atoms with van der Waals surface area (Å²) in [5, 5.41) is 5.33. The van der Waals surface area contributed by atoms with Gasteiger partial charge >= 0.3 is 0 Å². The van der Waals surface area contributed by atoms with Gasteiger partial charge in [-0.25, -0.2) is 0 Å². The molecule has 26 heavy (non-hydrogen) atoms. The summed E-state index contributed by atoms with van der Waals surface area (Å²) in [5.41, 5.74) is 1.86. The Morgan fingerprint density at radius 3 is 2.38 bits per heavy atom. The summed E-state index contributed by atoms with van der Waals surface area (Å²) in [6.45, 7) is 2.82. The van der Waals surface area contributed by atoms with Gasteiger partial charge in [-0.3, -0.25) is 9.69 Å². The number of carbonyl (C=O) groups is 1. The van der Waals surface area contributed by atoms with Crippen LogP contribution in [-0.2, 0) is 9.53 Å². The van der Waals surface area contributed by atoms with Crippen LogP contribution in [0.25, 0.3) is 10.8 Å². The predicted octanol–water partition coefficient (Wildman–Crippen LogP) is 3.85. The molecule has 132 valence electrons. The fourth-order valence-corrected chi connectivity index (χ4v) is 3.53. The van der Waals surface area contributed by atoms with Crippen LogP contribution < -0.4 is 5.32 Å². The molecule has 4 heteroatoms. The molecule has 1 aliphatic heterocycles. The molecule has 0 aromatic heterocycles. The third-order valence-electron chi connectivity index (χ3n) is 4.82. The van der Waals surface area contributed by atoms with E-state index in [0.29, 0.717) is 13.2 Å². The number of fused-ring (bicyclic) bond motifs is 1. The number of amides is 1. The lowest BCUT2D eigenvalue weighted by Crippen LogP contribution is -2.43. The topological polar surface area (TPSA) is 41.6 Å². The number of nitrogens with zero attached hydrogens (tertiary/aromatic N) is 1. The Hall–Kier alpha value is -2.69. The van der Waals surface area contributed by atoms with Crippen molar-refractivity contribution in [2.45, 2.75) is 6.04 Å². The Bertz CT molecular complexity index is 884. The minimum atomic E-state index is -0.320. The van der Waals surface area contributed by atoms with Gasteiger partial charge in [0.1, 0.15) is 6.04 Å². The monoisotopic (exact) mass is 346 g/mol. The van der Waals surface area contributed by atoms with Crippen molar-refractivity contribution in [2.75, 3.05) is 31.6 Å². The molecule has 1 atom stereocenters. The molecule has 4 rings (SSSR count). The summed E-state index contributed by atoms with van der Waals surface area (Å²) >= 11 is 0. The lowest BCUT2D eigenvalue weighted by molar-refractivity contribution is -0.123. The minimum Gasteiger partial charge on any atom is -0.379 e. The van der Waals surface area contributed by atoms with E-state index in [1.807, 2.05) is 60.7 Å². The number of nitrogens with one attached hydrogen (secondary N) is 1. The van der Waals surface area contributed by atoms with Gasteiger partial charge in [0, 0.05) is 24.2 Å². The average Bonchev–Trinajstić information content (AvgIpc) is 2.70.